The number of hydrogen-bond acceptors (Lipinski definition) is 5. The molecular weight excluding hydrogens is 1100 g/mol. The van der Waals surface area contributed by atoms with Crippen LogP contribution in [-0.2, 0) is 31.3 Å². The van der Waals surface area contributed by atoms with Gasteiger partial charge in [-0.1, -0.05) is 132 Å². The fourth-order valence-corrected chi connectivity index (χ4v) is 8.68. The number of ether oxygens (including phenoxy) is 2. The first-order valence-electron chi connectivity index (χ1n) is 23.2. The molecule has 0 N–H and O–H groups in total. The van der Waals surface area contributed by atoms with Gasteiger partial charge in [-0.05, 0) is 95.9 Å². The third kappa shape index (κ3) is 10.9. The third-order valence-electron chi connectivity index (χ3n) is 12.5. The number of hydrogen-bond donors (Lipinski definition) is 0. The molecule has 0 bridgehead atoms. The van der Waals surface area contributed by atoms with Crippen molar-refractivity contribution in [2.24, 2.45) is 0 Å². The fourth-order valence-electron chi connectivity index (χ4n) is 8.68. The summed E-state index contributed by atoms with van der Waals surface area (Å²) in [5.41, 5.74) is 9.40. The van der Waals surface area contributed by atoms with E-state index in [2.05, 4.69) is 82.8 Å². The molecule has 0 unspecified atom stereocenters. The molecule has 0 aliphatic carbocycles. The van der Waals surface area contributed by atoms with E-state index in [1.54, 1.807) is 36.7 Å². The molecular formula is C63H44F4IrN3O2. The first kappa shape index (κ1) is 49.9. The Bertz CT molecular complexity index is 3430. The SMILES string of the molecule is CC(C)(Oc1cc(OC(C)(C)c2ccc(-c3[c-]cc(F)cc3F)nc2)cc(-c2ccccc2-c2cnc(-c3[c-]cccc3)cc2-c2ccc(-c3ccccc3)cc2)c1)c1ccc(-c2[c-]cc(F)cc2F)nc1.[Ir+3]. The van der Waals surface area contributed by atoms with Gasteiger partial charge in [0.2, 0.25) is 0 Å². The van der Waals surface area contributed by atoms with Crippen LogP contribution in [0.1, 0.15) is 38.8 Å². The first-order valence-corrected chi connectivity index (χ1v) is 23.2. The Labute approximate surface area is 435 Å². The molecule has 0 aliphatic rings. The molecule has 0 saturated heterocycles. The molecule has 0 fully saturated rings. The Morgan fingerprint density at radius 3 is 1.44 bits per heavy atom. The van der Waals surface area contributed by atoms with Crippen molar-refractivity contribution in [3.8, 4) is 89.8 Å². The Balaban J connectivity index is 0.00000656. The summed E-state index contributed by atoms with van der Waals surface area (Å²) in [6.07, 6.45) is 5.13. The van der Waals surface area contributed by atoms with Gasteiger partial charge < -0.3 is 24.4 Å². The van der Waals surface area contributed by atoms with Gasteiger partial charge in [0.1, 0.15) is 22.7 Å². The van der Waals surface area contributed by atoms with Crippen LogP contribution in [0.4, 0.5) is 17.6 Å². The summed E-state index contributed by atoms with van der Waals surface area (Å²) in [5.74, 6) is -2.03. The van der Waals surface area contributed by atoms with Gasteiger partial charge in [-0.15, -0.1) is 60.2 Å². The second-order valence-corrected chi connectivity index (χ2v) is 18.2. The van der Waals surface area contributed by atoms with Gasteiger partial charge in [-0.2, -0.15) is 0 Å². The summed E-state index contributed by atoms with van der Waals surface area (Å²) in [4.78, 5) is 14.0. The van der Waals surface area contributed by atoms with Gasteiger partial charge in [0.05, 0.1) is 0 Å². The van der Waals surface area contributed by atoms with Crippen molar-refractivity contribution in [1.82, 2.24) is 15.0 Å². The van der Waals surface area contributed by atoms with Crippen molar-refractivity contribution in [1.29, 1.82) is 0 Å². The molecule has 10 rings (SSSR count). The average molecular weight is 1140 g/mol. The van der Waals surface area contributed by atoms with Gasteiger partial charge in [0.25, 0.3) is 0 Å². The van der Waals surface area contributed by atoms with Crippen LogP contribution in [0.2, 0.25) is 0 Å². The van der Waals surface area contributed by atoms with E-state index < -0.39 is 34.5 Å². The predicted octanol–water partition coefficient (Wildman–Crippen LogP) is 16.1. The van der Waals surface area contributed by atoms with Crippen LogP contribution in [0.25, 0.3) is 78.3 Å². The van der Waals surface area contributed by atoms with Crippen LogP contribution < -0.4 is 9.47 Å². The average Bonchev–Trinajstić information content (AvgIpc) is 3.39. The monoisotopic (exact) mass is 1140 g/mol. The Morgan fingerprint density at radius 1 is 0.411 bits per heavy atom. The second kappa shape index (κ2) is 21.0. The number of rotatable bonds is 13. The fraction of sp³-hybridized carbons (Fsp3) is 0.0952. The summed E-state index contributed by atoms with van der Waals surface area (Å²) in [7, 11) is 0. The Morgan fingerprint density at radius 2 is 0.918 bits per heavy atom. The molecule has 0 amide bonds. The van der Waals surface area contributed by atoms with E-state index in [4.69, 9.17) is 14.5 Å². The Kier molecular flexibility index (Phi) is 14.3. The van der Waals surface area contributed by atoms with E-state index in [0.29, 0.717) is 34.0 Å². The van der Waals surface area contributed by atoms with Crippen LogP contribution in [0.3, 0.4) is 0 Å². The minimum absolute atomic E-state index is 0. The minimum atomic E-state index is -0.985. The van der Waals surface area contributed by atoms with Crippen LogP contribution in [0, 0.1) is 41.5 Å². The molecule has 0 saturated carbocycles. The number of pyridine rings is 3. The van der Waals surface area contributed by atoms with Gasteiger partial charge in [-0.3, -0.25) is 17.6 Å². The standard InChI is InChI=1S/C63H44F4N3O2.Ir/c1-62(2,45-23-29-59(68-37-45)53-27-25-47(64)33-57(53)66)71-49-31-44(32-50(35-49)72-63(3,4)46-24-30-60(69-38-46)54-28-26-48(65)34-58(54)67)51-17-11-12-18-52(51)56-39-70-61(43-15-9-6-10-16-43)36-55(56)42-21-19-41(20-22-42)40-13-7-5-8-14-40;/h5-15,17-26,29-39H,1-4H3;/q-3;+3. The summed E-state index contributed by atoms with van der Waals surface area (Å²) in [6, 6.07) is 61.8. The van der Waals surface area contributed by atoms with E-state index >= 15 is 0 Å². The van der Waals surface area contributed by atoms with Crippen molar-refractivity contribution in [3.05, 3.63) is 247 Å². The van der Waals surface area contributed by atoms with Crippen molar-refractivity contribution in [2.45, 2.75) is 38.9 Å². The molecule has 73 heavy (non-hydrogen) atoms. The maximum absolute atomic E-state index is 14.7. The third-order valence-corrected chi connectivity index (χ3v) is 12.5. The van der Waals surface area contributed by atoms with E-state index in [1.807, 2.05) is 107 Å². The molecule has 10 heteroatoms. The molecule has 7 aromatic carbocycles. The largest absolute Gasteiger partial charge is 3.00 e. The van der Waals surface area contributed by atoms with Gasteiger partial charge in [0, 0.05) is 64.6 Å². The summed E-state index contributed by atoms with van der Waals surface area (Å²) in [6.45, 7) is 7.61. The summed E-state index contributed by atoms with van der Waals surface area (Å²) in [5, 5.41) is 0. The zero-order chi connectivity index (χ0) is 50.0. The number of aromatic nitrogens is 3. The molecule has 10 aromatic rings. The maximum Gasteiger partial charge on any atom is 3.00 e. The number of benzene rings is 7. The second-order valence-electron chi connectivity index (χ2n) is 18.2. The van der Waals surface area contributed by atoms with E-state index in [-0.39, 0.29) is 31.2 Å². The van der Waals surface area contributed by atoms with Crippen LogP contribution in [-0.4, -0.2) is 15.0 Å². The number of halogens is 4. The molecule has 3 aromatic heterocycles. The van der Waals surface area contributed by atoms with Crippen molar-refractivity contribution < 1.29 is 47.1 Å². The van der Waals surface area contributed by atoms with Gasteiger partial charge in [-0.25, -0.2) is 0 Å². The van der Waals surface area contributed by atoms with Gasteiger partial charge >= 0.3 is 20.1 Å². The molecule has 360 valence electrons. The van der Waals surface area contributed by atoms with Crippen molar-refractivity contribution in [2.75, 3.05) is 0 Å². The van der Waals surface area contributed by atoms with Crippen molar-refractivity contribution in [3.63, 3.8) is 0 Å². The molecule has 0 spiro atoms. The van der Waals surface area contributed by atoms with E-state index in [0.717, 1.165) is 80.0 Å². The molecule has 0 aliphatic heterocycles. The van der Waals surface area contributed by atoms with E-state index in [9.17, 15) is 17.6 Å². The van der Waals surface area contributed by atoms with Gasteiger partial charge in [0.15, 0.2) is 0 Å². The minimum Gasteiger partial charge on any atom is -0.483 e. The van der Waals surface area contributed by atoms with E-state index in [1.165, 1.54) is 0 Å². The van der Waals surface area contributed by atoms with Crippen LogP contribution >= 0.6 is 0 Å². The maximum atomic E-state index is 14.7. The molecule has 0 atom stereocenters. The Hall–Kier alpha value is -8.04. The number of nitrogens with zero attached hydrogens (tertiary/aromatic N) is 3. The molecule has 3 heterocycles. The zero-order valence-electron chi connectivity index (χ0n) is 40.0. The molecule has 5 nitrogen and oxygen atoms in total. The van der Waals surface area contributed by atoms with Crippen molar-refractivity contribution >= 4 is 0 Å². The normalized spacial score (nSPS) is 11.5. The van der Waals surface area contributed by atoms with Crippen LogP contribution in [0.5, 0.6) is 11.5 Å². The summed E-state index contributed by atoms with van der Waals surface area (Å²) >= 11 is 0. The first-order chi connectivity index (χ1) is 34.8. The zero-order valence-corrected chi connectivity index (χ0v) is 42.4. The molecule has 0 radical (unpaired) electrons. The topological polar surface area (TPSA) is 57.1 Å². The smallest absolute Gasteiger partial charge is 0.483 e. The predicted molar refractivity (Wildman–Crippen MR) is 274 cm³/mol. The van der Waals surface area contributed by atoms with Crippen LogP contribution in [0.15, 0.2) is 195 Å². The quantitative estimate of drug-likeness (QED) is 0.0850. The summed E-state index contributed by atoms with van der Waals surface area (Å²) < 4.78 is 70.7.